The molecule has 0 fully saturated rings. The van der Waals surface area contributed by atoms with Gasteiger partial charge >= 0.3 is 0 Å². The zero-order valence-corrected chi connectivity index (χ0v) is 16.6. The van der Waals surface area contributed by atoms with E-state index in [1.807, 2.05) is 12.1 Å². The summed E-state index contributed by atoms with van der Waals surface area (Å²) in [6.07, 6.45) is 0. The first-order valence-electron chi connectivity index (χ1n) is 8.86. The number of sulfone groups is 1. The molecule has 2 aromatic carbocycles. The van der Waals surface area contributed by atoms with E-state index in [2.05, 4.69) is 37.1 Å². The Morgan fingerprint density at radius 3 is 2.41 bits per heavy atom. The number of H-pyrrole nitrogens is 1. The van der Waals surface area contributed by atoms with Crippen LogP contribution in [-0.2, 0) is 15.3 Å². The summed E-state index contributed by atoms with van der Waals surface area (Å²) in [5.41, 5.74) is 2.52. The fourth-order valence-corrected chi connectivity index (χ4v) is 4.03. The summed E-state index contributed by atoms with van der Waals surface area (Å²) in [5, 5.41) is 3.63. The van der Waals surface area contributed by atoms with E-state index in [-0.39, 0.29) is 28.5 Å². The molecule has 1 amide bonds. The van der Waals surface area contributed by atoms with E-state index in [1.54, 1.807) is 36.4 Å². The minimum absolute atomic E-state index is 0.0213. The molecule has 0 bridgehead atoms. The topological polar surface area (TPSA) is 79.0 Å². The van der Waals surface area contributed by atoms with Gasteiger partial charge in [0.15, 0.2) is 9.84 Å². The minimum Gasteiger partial charge on any atom is -0.351 e. The van der Waals surface area contributed by atoms with Crippen molar-refractivity contribution >= 4 is 26.6 Å². The van der Waals surface area contributed by atoms with Crippen molar-refractivity contribution in [2.24, 2.45) is 0 Å². The highest BCUT2D eigenvalue weighted by atomic mass is 32.2. The number of aromatic nitrogens is 1. The van der Waals surface area contributed by atoms with Gasteiger partial charge in [0.1, 0.15) is 5.69 Å². The van der Waals surface area contributed by atoms with Gasteiger partial charge in [-0.1, -0.05) is 51.1 Å². The third kappa shape index (κ3) is 4.39. The molecule has 1 heterocycles. The van der Waals surface area contributed by atoms with E-state index >= 15 is 0 Å². The zero-order chi connectivity index (χ0) is 19.7. The summed E-state index contributed by atoms with van der Waals surface area (Å²) in [6.45, 7) is 6.46. The van der Waals surface area contributed by atoms with Gasteiger partial charge in [0.25, 0.3) is 5.91 Å². The van der Waals surface area contributed by atoms with E-state index in [1.165, 1.54) is 5.56 Å². The maximum atomic E-state index is 12.4. The standard InChI is InChI=1S/C21H24N2O3S/c1-21(2,3)16-10-9-15-13-19(23-18(15)14-16)20(24)22-11-12-27(25,26)17-7-5-4-6-8-17/h4-10,13-14,23H,11-12H2,1-3H3,(H,22,24). The minimum atomic E-state index is -3.41. The van der Waals surface area contributed by atoms with Crippen molar-refractivity contribution in [1.82, 2.24) is 10.3 Å². The summed E-state index contributed by atoms with van der Waals surface area (Å²) in [6, 6.07) is 16.1. The summed E-state index contributed by atoms with van der Waals surface area (Å²) < 4.78 is 24.5. The number of hydrogen-bond donors (Lipinski definition) is 2. The Balaban J connectivity index is 1.68. The number of fused-ring (bicyclic) bond motifs is 1. The Hall–Kier alpha value is -2.60. The highest BCUT2D eigenvalue weighted by Crippen LogP contribution is 2.26. The molecule has 2 N–H and O–H groups in total. The van der Waals surface area contributed by atoms with Crippen molar-refractivity contribution in [2.75, 3.05) is 12.3 Å². The molecule has 0 aliphatic rings. The second kappa shape index (κ2) is 7.19. The Labute approximate surface area is 159 Å². The number of nitrogens with one attached hydrogen (secondary N) is 2. The van der Waals surface area contributed by atoms with E-state index in [4.69, 9.17) is 0 Å². The average molecular weight is 385 g/mol. The maximum absolute atomic E-state index is 12.4. The monoisotopic (exact) mass is 384 g/mol. The molecule has 0 saturated carbocycles. The molecule has 5 nitrogen and oxygen atoms in total. The summed E-state index contributed by atoms with van der Waals surface area (Å²) in [7, 11) is -3.41. The lowest BCUT2D eigenvalue weighted by Crippen LogP contribution is -2.29. The van der Waals surface area contributed by atoms with Crippen LogP contribution in [0, 0.1) is 0 Å². The lowest BCUT2D eigenvalue weighted by Gasteiger charge is -2.18. The number of carbonyl (C=O) groups excluding carboxylic acids is 1. The second-order valence-corrected chi connectivity index (χ2v) is 9.73. The van der Waals surface area contributed by atoms with Gasteiger partial charge in [-0.2, -0.15) is 0 Å². The molecule has 0 unspecified atom stereocenters. The van der Waals surface area contributed by atoms with Crippen molar-refractivity contribution in [1.29, 1.82) is 0 Å². The molecular formula is C21H24N2O3S. The van der Waals surface area contributed by atoms with Crippen LogP contribution in [0.15, 0.2) is 59.5 Å². The molecule has 0 aliphatic carbocycles. The Morgan fingerprint density at radius 2 is 1.74 bits per heavy atom. The first-order chi connectivity index (χ1) is 12.7. The average Bonchev–Trinajstić information content (AvgIpc) is 3.05. The van der Waals surface area contributed by atoms with Crippen LogP contribution in [0.2, 0.25) is 0 Å². The van der Waals surface area contributed by atoms with Crippen LogP contribution in [0.1, 0.15) is 36.8 Å². The van der Waals surface area contributed by atoms with Gasteiger partial charge in [0.05, 0.1) is 10.6 Å². The van der Waals surface area contributed by atoms with E-state index in [0.717, 1.165) is 10.9 Å². The van der Waals surface area contributed by atoms with Crippen molar-refractivity contribution in [2.45, 2.75) is 31.1 Å². The lowest BCUT2D eigenvalue weighted by molar-refractivity contribution is 0.0952. The summed E-state index contributed by atoms with van der Waals surface area (Å²) in [5.74, 6) is -0.455. The third-order valence-electron chi connectivity index (χ3n) is 4.49. The highest BCUT2D eigenvalue weighted by molar-refractivity contribution is 7.91. The largest absolute Gasteiger partial charge is 0.351 e. The van der Waals surface area contributed by atoms with E-state index in [9.17, 15) is 13.2 Å². The number of aromatic amines is 1. The number of hydrogen-bond acceptors (Lipinski definition) is 3. The quantitative estimate of drug-likeness (QED) is 0.704. The molecule has 3 rings (SSSR count). The molecule has 27 heavy (non-hydrogen) atoms. The second-order valence-electron chi connectivity index (χ2n) is 7.62. The smallest absolute Gasteiger partial charge is 0.267 e. The number of amides is 1. The predicted octanol–water partition coefficient (Wildman–Crippen LogP) is 3.67. The molecule has 0 aliphatic heterocycles. The van der Waals surface area contributed by atoms with Gasteiger partial charge in [0.2, 0.25) is 0 Å². The molecule has 0 spiro atoms. The van der Waals surface area contributed by atoms with Crippen LogP contribution in [0.4, 0.5) is 0 Å². The van der Waals surface area contributed by atoms with Crippen LogP contribution in [0.25, 0.3) is 10.9 Å². The first kappa shape index (κ1) is 19.2. The van der Waals surface area contributed by atoms with E-state index < -0.39 is 9.84 Å². The van der Waals surface area contributed by atoms with E-state index in [0.29, 0.717) is 5.69 Å². The van der Waals surface area contributed by atoms with Gasteiger partial charge < -0.3 is 10.3 Å². The normalized spacial score (nSPS) is 12.3. The molecule has 0 radical (unpaired) electrons. The van der Waals surface area contributed by atoms with Crippen molar-refractivity contribution in [3.8, 4) is 0 Å². The Morgan fingerprint density at radius 1 is 1.04 bits per heavy atom. The van der Waals surface area contributed by atoms with Crippen molar-refractivity contribution in [3.63, 3.8) is 0 Å². The third-order valence-corrected chi connectivity index (χ3v) is 6.22. The van der Waals surface area contributed by atoms with Gasteiger partial charge in [-0.05, 0) is 35.2 Å². The predicted molar refractivity (Wildman–Crippen MR) is 108 cm³/mol. The molecule has 0 atom stereocenters. The molecule has 1 aromatic heterocycles. The fraction of sp³-hybridized carbons (Fsp3) is 0.286. The van der Waals surface area contributed by atoms with Crippen molar-refractivity contribution in [3.05, 3.63) is 65.9 Å². The fourth-order valence-electron chi connectivity index (χ4n) is 2.86. The van der Waals surface area contributed by atoms with Crippen LogP contribution in [0.3, 0.4) is 0 Å². The van der Waals surface area contributed by atoms with Crippen molar-refractivity contribution < 1.29 is 13.2 Å². The van der Waals surface area contributed by atoms with Gasteiger partial charge in [-0.3, -0.25) is 4.79 Å². The van der Waals surface area contributed by atoms with Crippen LogP contribution in [0.5, 0.6) is 0 Å². The lowest BCUT2D eigenvalue weighted by atomic mass is 9.87. The Kier molecular flexibility index (Phi) is 5.11. The summed E-state index contributed by atoms with van der Waals surface area (Å²) in [4.78, 5) is 15.8. The van der Waals surface area contributed by atoms with Crippen LogP contribution >= 0.6 is 0 Å². The summed E-state index contributed by atoms with van der Waals surface area (Å²) >= 11 is 0. The van der Waals surface area contributed by atoms with Gasteiger partial charge in [-0.25, -0.2) is 8.42 Å². The molecule has 3 aromatic rings. The highest BCUT2D eigenvalue weighted by Gasteiger charge is 2.17. The van der Waals surface area contributed by atoms with Gasteiger partial charge in [-0.15, -0.1) is 0 Å². The number of carbonyl (C=O) groups is 1. The Bertz CT molecular complexity index is 1060. The molecular weight excluding hydrogens is 360 g/mol. The molecule has 6 heteroatoms. The molecule has 0 saturated heterocycles. The maximum Gasteiger partial charge on any atom is 0.267 e. The molecule has 142 valence electrons. The zero-order valence-electron chi connectivity index (χ0n) is 15.7. The number of rotatable bonds is 5. The van der Waals surface area contributed by atoms with Gasteiger partial charge in [0, 0.05) is 17.4 Å². The van der Waals surface area contributed by atoms with Crippen LogP contribution < -0.4 is 5.32 Å². The SMILES string of the molecule is CC(C)(C)c1ccc2cc(C(=O)NCCS(=O)(=O)c3ccccc3)[nH]c2c1. The van der Waals surface area contributed by atoms with Crippen LogP contribution in [-0.4, -0.2) is 31.6 Å². The number of benzene rings is 2. The first-order valence-corrected chi connectivity index (χ1v) is 10.5.